The van der Waals surface area contributed by atoms with Crippen LogP contribution in [0.25, 0.3) is 0 Å². The SMILES string of the molecule is CCCC(=O)N1c2ncnn2[C@@H](c2ccccc2OC)C[C@@H]1c1ccccc1. The predicted molar refractivity (Wildman–Crippen MR) is 107 cm³/mol. The Hall–Kier alpha value is -3.15. The molecule has 144 valence electrons. The first-order valence-corrected chi connectivity index (χ1v) is 9.64. The van der Waals surface area contributed by atoms with E-state index >= 15 is 0 Å². The normalized spacial score (nSPS) is 18.6. The predicted octanol–water partition coefficient (Wildman–Crippen LogP) is 4.15. The van der Waals surface area contributed by atoms with E-state index < -0.39 is 0 Å². The van der Waals surface area contributed by atoms with Gasteiger partial charge in [0.05, 0.1) is 19.2 Å². The van der Waals surface area contributed by atoms with Crippen LogP contribution in [0.2, 0.25) is 0 Å². The fraction of sp³-hybridized carbons (Fsp3) is 0.318. The number of methoxy groups -OCH3 is 1. The van der Waals surface area contributed by atoms with E-state index in [1.807, 2.05) is 52.9 Å². The minimum Gasteiger partial charge on any atom is -0.496 e. The van der Waals surface area contributed by atoms with Crippen LogP contribution in [0.5, 0.6) is 5.75 Å². The third-order valence-corrected chi connectivity index (χ3v) is 5.24. The number of carbonyl (C=O) groups is 1. The van der Waals surface area contributed by atoms with Crippen LogP contribution in [0.3, 0.4) is 0 Å². The molecule has 1 aromatic heterocycles. The van der Waals surface area contributed by atoms with E-state index in [1.165, 1.54) is 6.33 Å². The Bertz CT molecular complexity index is 954. The van der Waals surface area contributed by atoms with Crippen LogP contribution in [0.15, 0.2) is 60.9 Å². The average molecular weight is 376 g/mol. The lowest BCUT2D eigenvalue weighted by molar-refractivity contribution is -0.119. The molecule has 3 aromatic rings. The Balaban J connectivity index is 1.85. The Labute approximate surface area is 164 Å². The highest BCUT2D eigenvalue weighted by molar-refractivity contribution is 5.92. The Morgan fingerprint density at radius 2 is 1.86 bits per heavy atom. The summed E-state index contributed by atoms with van der Waals surface area (Å²) in [6.45, 7) is 2.02. The molecular formula is C22H24N4O2. The first-order valence-electron chi connectivity index (χ1n) is 9.64. The molecule has 2 atom stereocenters. The standard InChI is InChI=1S/C22H24N4O2/c1-3-9-21(27)25-18(16-10-5-4-6-11-16)14-19(26-22(25)23-15-24-26)17-12-7-8-13-20(17)28-2/h4-8,10-13,15,18-19H,3,9,14H2,1-2H3/t18-,19-/m1/s1. The van der Waals surface area contributed by atoms with E-state index in [0.717, 1.165) is 23.3 Å². The number of hydrogen-bond donors (Lipinski definition) is 0. The van der Waals surface area contributed by atoms with E-state index in [-0.39, 0.29) is 18.0 Å². The quantitative estimate of drug-likeness (QED) is 0.671. The van der Waals surface area contributed by atoms with Crippen molar-refractivity contribution in [2.24, 2.45) is 0 Å². The van der Waals surface area contributed by atoms with Crippen LogP contribution in [0, 0.1) is 0 Å². The number of anilines is 1. The zero-order valence-electron chi connectivity index (χ0n) is 16.2. The molecule has 2 heterocycles. The van der Waals surface area contributed by atoms with Gasteiger partial charge < -0.3 is 4.74 Å². The van der Waals surface area contributed by atoms with E-state index in [1.54, 1.807) is 7.11 Å². The number of rotatable bonds is 5. The summed E-state index contributed by atoms with van der Waals surface area (Å²) in [6.07, 6.45) is 3.50. The maximum atomic E-state index is 13.0. The van der Waals surface area contributed by atoms with Gasteiger partial charge in [-0.05, 0) is 24.5 Å². The van der Waals surface area contributed by atoms with Crippen molar-refractivity contribution in [2.75, 3.05) is 12.0 Å². The second-order valence-electron chi connectivity index (χ2n) is 6.94. The molecule has 0 spiro atoms. The maximum Gasteiger partial charge on any atom is 0.231 e. The van der Waals surface area contributed by atoms with Crippen LogP contribution < -0.4 is 9.64 Å². The van der Waals surface area contributed by atoms with Gasteiger partial charge in [-0.3, -0.25) is 9.69 Å². The zero-order valence-corrected chi connectivity index (χ0v) is 16.2. The summed E-state index contributed by atoms with van der Waals surface area (Å²) in [4.78, 5) is 19.3. The molecule has 0 fully saturated rings. The van der Waals surface area contributed by atoms with Crippen LogP contribution in [-0.4, -0.2) is 27.8 Å². The van der Waals surface area contributed by atoms with Crippen molar-refractivity contribution >= 4 is 11.9 Å². The van der Waals surface area contributed by atoms with Crippen molar-refractivity contribution in [3.8, 4) is 5.75 Å². The van der Waals surface area contributed by atoms with Gasteiger partial charge in [-0.2, -0.15) is 10.1 Å². The minimum absolute atomic E-state index is 0.0652. The summed E-state index contributed by atoms with van der Waals surface area (Å²) in [5.74, 6) is 1.48. The van der Waals surface area contributed by atoms with E-state index in [9.17, 15) is 4.79 Å². The summed E-state index contributed by atoms with van der Waals surface area (Å²) in [6, 6.07) is 18.0. The van der Waals surface area contributed by atoms with Gasteiger partial charge in [-0.15, -0.1) is 0 Å². The van der Waals surface area contributed by atoms with Crippen molar-refractivity contribution in [3.05, 3.63) is 72.1 Å². The molecule has 0 bridgehead atoms. The minimum atomic E-state index is -0.105. The fourth-order valence-electron chi connectivity index (χ4n) is 3.97. The van der Waals surface area contributed by atoms with Crippen molar-refractivity contribution < 1.29 is 9.53 Å². The smallest absolute Gasteiger partial charge is 0.231 e. The summed E-state index contributed by atoms with van der Waals surface area (Å²) in [7, 11) is 1.68. The van der Waals surface area contributed by atoms with Crippen LogP contribution >= 0.6 is 0 Å². The van der Waals surface area contributed by atoms with Gasteiger partial charge in [0.15, 0.2) is 0 Å². The van der Waals surface area contributed by atoms with Gasteiger partial charge in [-0.25, -0.2) is 4.68 Å². The molecule has 0 N–H and O–H groups in total. The maximum absolute atomic E-state index is 13.0. The Morgan fingerprint density at radius 1 is 1.11 bits per heavy atom. The topological polar surface area (TPSA) is 60.2 Å². The van der Waals surface area contributed by atoms with E-state index in [2.05, 4.69) is 28.3 Å². The first kappa shape index (κ1) is 18.2. The number of fused-ring (bicyclic) bond motifs is 1. The lowest BCUT2D eigenvalue weighted by atomic mass is 9.91. The molecular weight excluding hydrogens is 352 g/mol. The molecule has 1 aliphatic rings. The second-order valence-corrected chi connectivity index (χ2v) is 6.94. The highest BCUT2D eigenvalue weighted by Crippen LogP contribution is 2.44. The van der Waals surface area contributed by atoms with Gasteiger partial charge >= 0.3 is 0 Å². The highest BCUT2D eigenvalue weighted by atomic mass is 16.5. The number of hydrogen-bond acceptors (Lipinski definition) is 4. The molecule has 1 aliphatic heterocycles. The molecule has 2 aromatic carbocycles. The summed E-state index contributed by atoms with van der Waals surface area (Å²) < 4.78 is 7.45. The summed E-state index contributed by atoms with van der Waals surface area (Å²) >= 11 is 0. The fourth-order valence-corrected chi connectivity index (χ4v) is 3.97. The van der Waals surface area contributed by atoms with Crippen molar-refractivity contribution in [3.63, 3.8) is 0 Å². The molecule has 0 saturated heterocycles. The molecule has 0 unspecified atom stereocenters. The van der Waals surface area contributed by atoms with Crippen molar-refractivity contribution in [1.82, 2.24) is 14.8 Å². The van der Waals surface area contributed by atoms with Crippen LogP contribution in [0.1, 0.15) is 49.4 Å². The monoisotopic (exact) mass is 376 g/mol. The summed E-state index contributed by atoms with van der Waals surface area (Å²) in [5.41, 5.74) is 2.14. The number of benzene rings is 2. The largest absolute Gasteiger partial charge is 0.496 e. The Kier molecular flexibility index (Phi) is 5.10. The zero-order chi connectivity index (χ0) is 19.5. The van der Waals surface area contributed by atoms with Crippen LogP contribution in [0.4, 0.5) is 5.95 Å². The molecule has 4 rings (SSSR count). The Morgan fingerprint density at radius 3 is 2.61 bits per heavy atom. The first-order chi connectivity index (χ1) is 13.7. The van der Waals surface area contributed by atoms with Crippen molar-refractivity contribution in [2.45, 2.75) is 38.3 Å². The van der Waals surface area contributed by atoms with Crippen molar-refractivity contribution in [1.29, 1.82) is 0 Å². The average Bonchev–Trinajstić information content (AvgIpc) is 3.23. The van der Waals surface area contributed by atoms with E-state index in [4.69, 9.17) is 4.74 Å². The lowest BCUT2D eigenvalue weighted by Gasteiger charge is -2.39. The van der Waals surface area contributed by atoms with Gasteiger partial charge in [0.2, 0.25) is 11.9 Å². The highest BCUT2D eigenvalue weighted by Gasteiger charge is 2.39. The molecule has 0 radical (unpaired) electrons. The van der Waals surface area contributed by atoms with Gasteiger partial charge in [0.25, 0.3) is 0 Å². The van der Waals surface area contributed by atoms with Crippen LogP contribution in [-0.2, 0) is 4.79 Å². The second kappa shape index (κ2) is 7.84. The molecule has 0 aliphatic carbocycles. The molecule has 28 heavy (non-hydrogen) atoms. The number of para-hydroxylation sites is 1. The molecule has 1 amide bonds. The molecule has 6 nitrogen and oxygen atoms in total. The number of amides is 1. The number of ether oxygens (including phenoxy) is 1. The van der Waals surface area contributed by atoms with E-state index in [0.29, 0.717) is 18.8 Å². The van der Waals surface area contributed by atoms with Gasteiger partial charge in [0.1, 0.15) is 12.1 Å². The van der Waals surface area contributed by atoms with Gasteiger partial charge in [0, 0.05) is 12.0 Å². The third-order valence-electron chi connectivity index (χ3n) is 5.24. The third kappa shape index (κ3) is 3.15. The number of aromatic nitrogens is 3. The lowest BCUT2D eigenvalue weighted by Crippen LogP contribution is -2.42. The number of carbonyl (C=O) groups excluding carboxylic acids is 1. The molecule has 6 heteroatoms. The summed E-state index contributed by atoms with van der Waals surface area (Å²) in [5, 5.41) is 4.47. The van der Waals surface area contributed by atoms with Gasteiger partial charge in [-0.1, -0.05) is 55.5 Å². The molecule has 0 saturated carbocycles. The number of nitrogens with zero attached hydrogens (tertiary/aromatic N) is 4.